The quantitative estimate of drug-likeness (QED) is 0.709. The SMILES string of the molecule is C(#Cc1ccccc1)Cc1ccc2c(c1)OCO2. The Kier molecular flexibility index (Phi) is 2.89. The van der Waals surface area contributed by atoms with Gasteiger partial charge in [-0.15, -0.1) is 0 Å². The van der Waals surface area contributed by atoms with Gasteiger partial charge in [0.2, 0.25) is 6.79 Å². The molecule has 0 unspecified atom stereocenters. The molecule has 1 heterocycles. The average Bonchev–Trinajstić information content (AvgIpc) is 2.87. The zero-order valence-corrected chi connectivity index (χ0v) is 9.85. The molecule has 0 aliphatic carbocycles. The van der Waals surface area contributed by atoms with Crippen LogP contribution in [-0.2, 0) is 6.42 Å². The number of benzene rings is 2. The Hall–Kier alpha value is -2.40. The lowest BCUT2D eigenvalue weighted by Crippen LogP contribution is -1.92. The minimum atomic E-state index is 0.314. The average molecular weight is 236 g/mol. The van der Waals surface area contributed by atoms with Crippen molar-refractivity contribution in [3.63, 3.8) is 0 Å². The first-order valence-corrected chi connectivity index (χ1v) is 5.84. The third-order valence-electron chi connectivity index (χ3n) is 2.74. The van der Waals surface area contributed by atoms with Crippen LogP contribution in [0.25, 0.3) is 0 Å². The van der Waals surface area contributed by atoms with Gasteiger partial charge in [-0.1, -0.05) is 36.1 Å². The Bertz CT molecular complexity index is 606. The van der Waals surface area contributed by atoms with Crippen LogP contribution >= 0.6 is 0 Å². The highest BCUT2D eigenvalue weighted by Gasteiger charge is 2.12. The van der Waals surface area contributed by atoms with E-state index in [1.807, 2.05) is 48.5 Å². The van der Waals surface area contributed by atoms with Crippen LogP contribution in [0.1, 0.15) is 11.1 Å². The van der Waals surface area contributed by atoms with Crippen molar-refractivity contribution in [3.05, 3.63) is 59.7 Å². The number of ether oxygens (including phenoxy) is 2. The minimum Gasteiger partial charge on any atom is -0.454 e. The molecule has 2 heteroatoms. The second-order valence-electron chi connectivity index (χ2n) is 4.03. The van der Waals surface area contributed by atoms with E-state index in [-0.39, 0.29) is 0 Å². The zero-order chi connectivity index (χ0) is 12.2. The summed E-state index contributed by atoms with van der Waals surface area (Å²) in [6.45, 7) is 0.314. The molecular weight excluding hydrogens is 224 g/mol. The van der Waals surface area contributed by atoms with Gasteiger partial charge in [0.05, 0.1) is 0 Å². The Balaban J connectivity index is 1.73. The van der Waals surface area contributed by atoms with E-state index in [9.17, 15) is 0 Å². The van der Waals surface area contributed by atoms with Gasteiger partial charge < -0.3 is 9.47 Å². The largest absolute Gasteiger partial charge is 0.454 e. The van der Waals surface area contributed by atoms with Gasteiger partial charge in [0.15, 0.2) is 11.5 Å². The Morgan fingerprint density at radius 3 is 2.67 bits per heavy atom. The molecule has 0 saturated carbocycles. The van der Waals surface area contributed by atoms with Gasteiger partial charge in [-0.3, -0.25) is 0 Å². The minimum absolute atomic E-state index is 0.314. The van der Waals surface area contributed by atoms with Gasteiger partial charge in [0, 0.05) is 12.0 Å². The van der Waals surface area contributed by atoms with Crippen LogP contribution in [0.15, 0.2) is 48.5 Å². The number of fused-ring (bicyclic) bond motifs is 1. The fourth-order valence-electron chi connectivity index (χ4n) is 1.82. The van der Waals surface area contributed by atoms with Crippen molar-refractivity contribution in [2.75, 3.05) is 6.79 Å². The second-order valence-corrected chi connectivity index (χ2v) is 4.03. The molecule has 88 valence electrons. The fourth-order valence-corrected chi connectivity index (χ4v) is 1.82. The molecule has 2 nitrogen and oxygen atoms in total. The summed E-state index contributed by atoms with van der Waals surface area (Å²) in [6.07, 6.45) is 0.714. The second kappa shape index (κ2) is 4.85. The predicted octanol–water partition coefficient (Wildman–Crippen LogP) is 3.01. The van der Waals surface area contributed by atoms with Crippen molar-refractivity contribution >= 4 is 0 Å². The van der Waals surface area contributed by atoms with E-state index in [1.165, 1.54) is 0 Å². The fraction of sp³-hybridized carbons (Fsp3) is 0.125. The molecule has 0 bridgehead atoms. The topological polar surface area (TPSA) is 18.5 Å². The van der Waals surface area contributed by atoms with Crippen molar-refractivity contribution < 1.29 is 9.47 Å². The summed E-state index contributed by atoms with van der Waals surface area (Å²) in [5.74, 6) is 7.93. The van der Waals surface area contributed by atoms with Gasteiger partial charge >= 0.3 is 0 Å². The summed E-state index contributed by atoms with van der Waals surface area (Å²) in [5.41, 5.74) is 2.18. The smallest absolute Gasteiger partial charge is 0.231 e. The molecule has 0 fully saturated rings. The first kappa shape index (κ1) is 10.7. The van der Waals surface area contributed by atoms with E-state index in [2.05, 4.69) is 11.8 Å². The first-order valence-electron chi connectivity index (χ1n) is 5.84. The summed E-state index contributed by atoms with van der Waals surface area (Å²) >= 11 is 0. The molecule has 3 rings (SSSR count). The van der Waals surface area contributed by atoms with Crippen LogP contribution in [0, 0.1) is 11.8 Å². The molecule has 0 N–H and O–H groups in total. The summed E-state index contributed by atoms with van der Waals surface area (Å²) in [7, 11) is 0. The number of hydrogen-bond acceptors (Lipinski definition) is 2. The van der Waals surface area contributed by atoms with Crippen molar-refractivity contribution in [1.29, 1.82) is 0 Å². The zero-order valence-electron chi connectivity index (χ0n) is 9.85. The Morgan fingerprint density at radius 2 is 1.78 bits per heavy atom. The van der Waals surface area contributed by atoms with Gasteiger partial charge in [0.1, 0.15) is 0 Å². The number of rotatable bonds is 1. The molecule has 0 amide bonds. The molecular formula is C16H12O2. The summed E-state index contributed by atoms with van der Waals surface area (Å²) in [5, 5.41) is 0. The van der Waals surface area contributed by atoms with Gasteiger partial charge in [0.25, 0.3) is 0 Å². The van der Waals surface area contributed by atoms with Crippen molar-refractivity contribution in [3.8, 4) is 23.3 Å². The third-order valence-corrected chi connectivity index (χ3v) is 2.74. The molecule has 18 heavy (non-hydrogen) atoms. The molecule has 0 atom stereocenters. The molecule has 0 spiro atoms. The van der Waals surface area contributed by atoms with Gasteiger partial charge in [-0.05, 0) is 29.8 Å². The van der Waals surface area contributed by atoms with Crippen LogP contribution in [0.2, 0.25) is 0 Å². The molecule has 0 aromatic heterocycles. The lowest BCUT2D eigenvalue weighted by atomic mass is 10.1. The maximum atomic E-state index is 5.33. The maximum absolute atomic E-state index is 5.33. The normalized spacial score (nSPS) is 11.8. The molecule has 0 radical (unpaired) electrons. The van der Waals surface area contributed by atoms with E-state index in [0.29, 0.717) is 13.2 Å². The van der Waals surface area contributed by atoms with Crippen molar-refractivity contribution in [1.82, 2.24) is 0 Å². The molecule has 0 saturated heterocycles. The van der Waals surface area contributed by atoms with E-state index < -0.39 is 0 Å². The highest BCUT2D eigenvalue weighted by Crippen LogP contribution is 2.32. The summed E-state index contributed by atoms with van der Waals surface area (Å²) in [6, 6.07) is 15.9. The van der Waals surface area contributed by atoms with Crippen LogP contribution in [0.3, 0.4) is 0 Å². The van der Waals surface area contributed by atoms with E-state index in [0.717, 1.165) is 22.6 Å². The Labute approximate surface area is 106 Å². The molecule has 2 aromatic rings. The van der Waals surface area contributed by atoms with Crippen molar-refractivity contribution in [2.24, 2.45) is 0 Å². The lowest BCUT2D eigenvalue weighted by Gasteiger charge is -1.98. The van der Waals surface area contributed by atoms with E-state index in [1.54, 1.807) is 0 Å². The molecule has 1 aliphatic rings. The summed E-state index contributed by atoms with van der Waals surface area (Å²) < 4.78 is 10.6. The monoisotopic (exact) mass is 236 g/mol. The van der Waals surface area contributed by atoms with E-state index >= 15 is 0 Å². The highest BCUT2D eigenvalue weighted by atomic mass is 16.7. The summed E-state index contributed by atoms with van der Waals surface area (Å²) in [4.78, 5) is 0. The first-order chi connectivity index (χ1) is 8.92. The van der Waals surface area contributed by atoms with Crippen LogP contribution in [-0.4, -0.2) is 6.79 Å². The van der Waals surface area contributed by atoms with E-state index in [4.69, 9.17) is 9.47 Å². The van der Waals surface area contributed by atoms with Crippen LogP contribution in [0.5, 0.6) is 11.5 Å². The highest BCUT2D eigenvalue weighted by molar-refractivity contribution is 5.45. The van der Waals surface area contributed by atoms with Crippen molar-refractivity contribution in [2.45, 2.75) is 6.42 Å². The number of hydrogen-bond donors (Lipinski definition) is 0. The molecule has 2 aromatic carbocycles. The van der Waals surface area contributed by atoms with Gasteiger partial charge in [-0.25, -0.2) is 0 Å². The predicted molar refractivity (Wildman–Crippen MR) is 69.6 cm³/mol. The van der Waals surface area contributed by atoms with Gasteiger partial charge in [-0.2, -0.15) is 0 Å². The lowest BCUT2D eigenvalue weighted by molar-refractivity contribution is 0.174. The third kappa shape index (κ3) is 2.31. The standard InChI is InChI=1S/C16H12O2/c1-2-5-13(6-3-1)7-4-8-14-9-10-15-16(11-14)18-12-17-15/h1-3,5-6,9-11H,8,12H2. The maximum Gasteiger partial charge on any atom is 0.231 e. The van der Waals surface area contributed by atoms with Crippen LogP contribution < -0.4 is 9.47 Å². The Morgan fingerprint density at radius 1 is 0.944 bits per heavy atom. The molecule has 1 aliphatic heterocycles. The van der Waals surface area contributed by atoms with Crippen LogP contribution in [0.4, 0.5) is 0 Å².